The van der Waals surface area contributed by atoms with Gasteiger partial charge in [0.05, 0.1) is 19.3 Å². The van der Waals surface area contributed by atoms with Crippen molar-refractivity contribution < 1.29 is 23.8 Å². The monoisotopic (exact) mass is 368 g/mol. The van der Waals surface area contributed by atoms with Crippen LogP contribution >= 0.6 is 0 Å². The highest BCUT2D eigenvalue weighted by Gasteiger charge is 2.47. The number of hydrogen-bond donors (Lipinski definition) is 0. The molecule has 0 aromatic carbocycles. The van der Waals surface area contributed by atoms with E-state index >= 15 is 0 Å². The van der Waals surface area contributed by atoms with E-state index in [2.05, 4.69) is 13.8 Å². The molecule has 3 saturated heterocycles. The maximum Gasteiger partial charge on any atom is 0.410 e. The Balaban J connectivity index is 1.39. The molecule has 0 saturated carbocycles. The van der Waals surface area contributed by atoms with Crippen molar-refractivity contribution in [3.63, 3.8) is 0 Å². The minimum Gasteiger partial charge on any atom is -0.441 e. The minimum atomic E-state index is -0.413. The molecule has 0 aromatic rings. The number of rotatable bonds is 7. The number of likely N-dealkylation sites (tertiary alicyclic amines) is 1. The van der Waals surface area contributed by atoms with Crippen LogP contribution in [0.5, 0.6) is 0 Å². The van der Waals surface area contributed by atoms with Crippen LogP contribution in [0.15, 0.2) is 0 Å². The van der Waals surface area contributed by atoms with Crippen molar-refractivity contribution in [2.75, 3.05) is 46.0 Å². The fourth-order valence-corrected chi connectivity index (χ4v) is 3.85. The molecular formula is C19H32N2O5. The first kappa shape index (κ1) is 19.4. The van der Waals surface area contributed by atoms with Gasteiger partial charge in [-0.2, -0.15) is 0 Å². The van der Waals surface area contributed by atoms with Crippen LogP contribution in [0.2, 0.25) is 0 Å². The number of amides is 2. The SMILES string of the molecule is CC(C)CCN1CC2(CCN(C(=O)COCC3CCCO3)CC2)OC1=O. The summed E-state index contributed by atoms with van der Waals surface area (Å²) < 4.78 is 16.7. The number of nitrogens with zero attached hydrogens (tertiary/aromatic N) is 2. The fourth-order valence-electron chi connectivity index (χ4n) is 3.85. The van der Waals surface area contributed by atoms with Gasteiger partial charge in [-0.15, -0.1) is 0 Å². The molecule has 0 aliphatic carbocycles. The van der Waals surface area contributed by atoms with Gasteiger partial charge in [-0.25, -0.2) is 4.79 Å². The van der Waals surface area contributed by atoms with Crippen LogP contribution < -0.4 is 0 Å². The Labute approximate surface area is 155 Å². The van der Waals surface area contributed by atoms with Crippen LogP contribution in [0, 0.1) is 5.92 Å². The average Bonchev–Trinajstić information content (AvgIpc) is 3.22. The lowest BCUT2D eigenvalue weighted by Crippen LogP contribution is -2.49. The molecule has 3 aliphatic rings. The summed E-state index contributed by atoms with van der Waals surface area (Å²) >= 11 is 0. The largest absolute Gasteiger partial charge is 0.441 e. The molecule has 7 heteroatoms. The molecule has 2 amide bonds. The van der Waals surface area contributed by atoms with Gasteiger partial charge in [0.15, 0.2) is 0 Å². The van der Waals surface area contributed by atoms with Gasteiger partial charge in [-0.1, -0.05) is 13.8 Å². The summed E-state index contributed by atoms with van der Waals surface area (Å²) in [7, 11) is 0. The molecule has 0 bridgehead atoms. The Morgan fingerprint density at radius 2 is 2.12 bits per heavy atom. The molecule has 1 unspecified atom stereocenters. The molecule has 1 spiro atoms. The Hall–Kier alpha value is -1.34. The number of carbonyl (C=O) groups excluding carboxylic acids is 2. The van der Waals surface area contributed by atoms with Gasteiger partial charge in [0.25, 0.3) is 0 Å². The summed E-state index contributed by atoms with van der Waals surface area (Å²) in [6.45, 7) is 8.33. The second-order valence-electron chi connectivity index (χ2n) is 8.19. The summed E-state index contributed by atoms with van der Waals surface area (Å²) in [5.74, 6) is 0.576. The number of piperidine rings is 1. The van der Waals surface area contributed by atoms with E-state index in [1.54, 1.807) is 0 Å². The maximum atomic E-state index is 12.3. The summed E-state index contributed by atoms with van der Waals surface area (Å²) in [4.78, 5) is 28.1. The predicted molar refractivity (Wildman–Crippen MR) is 95.8 cm³/mol. The van der Waals surface area contributed by atoms with E-state index in [-0.39, 0.29) is 24.7 Å². The standard InChI is InChI=1S/C19H32N2O5/c1-15(2)5-8-21-14-19(26-18(21)23)6-9-20(10-7-19)17(22)13-24-12-16-4-3-11-25-16/h15-16H,3-14H2,1-2H3. The van der Waals surface area contributed by atoms with Gasteiger partial charge in [0.2, 0.25) is 5.91 Å². The minimum absolute atomic E-state index is 0.0128. The van der Waals surface area contributed by atoms with Crippen LogP contribution in [-0.4, -0.2) is 79.5 Å². The third-order valence-corrected chi connectivity index (χ3v) is 5.60. The average molecular weight is 368 g/mol. The number of hydrogen-bond acceptors (Lipinski definition) is 5. The first-order valence-corrected chi connectivity index (χ1v) is 9.92. The molecule has 0 aromatic heterocycles. The highest BCUT2D eigenvalue weighted by Crippen LogP contribution is 2.33. The summed E-state index contributed by atoms with van der Waals surface area (Å²) in [6.07, 6.45) is 4.41. The molecule has 3 aliphatic heterocycles. The molecule has 148 valence electrons. The molecule has 1 atom stereocenters. The molecule has 26 heavy (non-hydrogen) atoms. The number of carbonyl (C=O) groups is 2. The van der Waals surface area contributed by atoms with Gasteiger partial charge in [-0.3, -0.25) is 4.79 Å². The smallest absolute Gasteiger partial charge is 0.410 e. The van der Waals surface area contributed by atoms with Gasteiger partial charge < -0.3 is 24.0 Å². The van der Waals surface area contributed by atoms with Crippen molar-refractivity contribution in [1.82, 2.24) is 9.80 Å². The van der Waals surface area contributed by atoms with Crippen LogP contribution in [0.1, 0.15) is 46.0 Å². The second-order valence-corrected chi connectivity index (χ2v) is 8.19. The first-order valence-electron chi connectivity index (χ1n) is 9.92. The lowest BCUT2D eigenvalue weighted by molar-refractivity contribution is -0.140. The topological polar surface area (TPSA) is 68.3 Å². The van der Waals surface area contributed by atoms with Crippen LogP contribution in [0.3, 0.4) is 0 Å². The third kappa shape index (κ3) is 4.88. The van der Waals surface area contributed by atoms with Crippen molar-refractivity contribution >= 4 is 12.0 Å². The van der Waals surface area contributed by atoms with E-state index in [0.29, 0.717) is 45.0 Å². The third-order valence-electron chi connectivity index (χ3n) is 5.60. The van der Waals surface area contributed by atoms with E-state index in [1.807, 2.05) is 9.80 Å². The summed E-state index contributed by atoms with van der Waals surface area (Å²) in [5.41, 5.74) is -0.413. The van der Waals surface area contributed by atoms with E-state index in [9.17, 15) is 9.59 Å². The Bertz CT molecular complexity index is 496. The van der Waals surface area contributed by atoms with Gasteiger partial charge >= 0.3 is 6.09 Å². The molecule has 3 fully saturated rings. The molecular weight excluding hydrogens is 336 g/mol. The molecule has 0 N–H and O–H groups in total. The van der Waals surface area contributed by atoms with Crippen LogP contribution in [-0.2, 0) is 19.0 Å². The van der Waals surface area contributed by atoms with Crippen molar-refractivity contribution in [2.45, 2.75) is 57.7 Å². The fraction of sp³-hybridized carbons (Fsp3) is 0.895. The van der Waals surface area contributed by atoms with E-state index in [4.69, 9.17) is 14.2 Å². The molecule has 7 nitrogen and oxygen atoms in total. The lowest BCUT2D eigenvalue weighted by atomic mass is 9.91. The first-order chi connectivity index (χ1) is 12.5. The van der Waals surface area contributed by atoms with E-state index in [0.717, 1.165) is 32.4 Å². The van der Waals surface area contributed by atoms with Crippen LogP contribution in [0.4, 0.5) is 4.79 Å². The van der Waals surface area contributed by atoms with Crippen molar-refractivity contribution in [3.8, 4) is 0 Å². The second kappa shape index (κ2) is 8.57. The van der Waals surface area contributed by atoms with Gasteiger partial charge in [0.1, 0.15) is 12.2 Å². The molecule has 3 rings (SSSR count). The highest BCUT2D eigenvalue weighted by molar-refractivity contribution is 5.77. The van der Waals surface area contributed by atoms with Crippen molar-refractivity contribution in [3.05, 3.63) is 0 Å². The lowest BCUT2D eigenvalue weighted by Gasteiger charge is -2.37. The Morgan fingerprint density at radius 3 is 2.77 bits per heavy atom. The van der Waals surface area contributed by atoms with Crippen LogP contribution in [0.25, 0.3) is 0 Å². The zero-order valence-corrected chi connectivity index (χ0v) is 16.1. The molecule has 0 radical (unpaired) electrons. The zero-order chi connectivity index (χ0) is 18.6. The Kier molecular flexibility index (Phi) is 6.40. The normalized spacial score (nSPS) is 25.3. The van der Waals surface area contributed by atoms with Crippen molar-refractivity contribution in [1.29, 1.82) is 0 Å². The van der Waals surface area contributed by atoms with Gasteiger partial charge in [0, 0.05) is 39.1 Å². The zero-order valence-electron chi connectivity index (χ0n) is 16.1. The quantitative estimate of drug-likeness (QED) is 0.688. The number of ether oxygens (including phenoxy) is 3. The predicted octanol–water partition coefficient (Wildman–Crippen LogP) is 2.04. The highest BCUT2D eigenvalue weighted by atomic mass is 16.6. The Morgan fingerprint density at radius 1 is 1.35 bits per heavy atom. The van der Waals surface area contributed by atoms with E-state index < -0.39 is 5.60 Å². The molecule has 3 heterocycles. The maximum absolute atomic E-state index is 12.3. The van der Waals surface area contributed by atoms with Gasteiger partial charge in [-0.05, 0) is 25.2 Å². The van der Waals surface area contributed by atoms with Crippen molar-refractivity contribution in [2.24, 2.45) is 5.92 Å². The summed E-state index contributed by atoms with van der Waals surface area (Å²) in [6, 6.07) is 0. The van der Waals surface area contributed by atoms with E-state index in [1.165, 1.54) is 0 Å². The summed E-state index contributed by atoms with van der Waals surface area (Å²) in [5, 5.41) is 0.